The van der Waals surface area contributed by atoms with Gasteiger partial charge >= 0.3 is 0 Å². The molecule has 0 spiro atoms. The van der Waals surface area contributed by atoms with Gasteiger partial charge in [-0.1, -0.05) is 6.42 Å². The minimum atomic E-state index is 0.191. The highest BCUT2D eigenvalue weighted by atomic mass is 15.3. The normalized spacial score (nSPS) is 34.2. The van der Waals surface area contributed by atoms with Crippen LogP contribution in [0.15, 0.2) is 0 Å². The van der Waals surface area contributed by atoms with Gasteiger partial charge in [-0.05, 0) is 39.9 Å². The third-order valence-electron chi connectivity index (χ3n) is 4.50. The molecule has 2 unspecified atom stereocenters. The lowest BCUT2D eigenvalue weighted by Crippen LogP contribution is -2.61. The summed E-state index contributed by atoms with van der Waals surface area (Å²) in [6.07, 6.45) is 5.29. The van der Waals surface area contributed by atoms with Gasteiger partial charge in [0.25, 0.3) is 0 Å². The second-order valence-corrected chi connectivity index (χ2v) is 5.89. The van der Waals surface area contributed by atoms with Crippen LogP contribution in [0.4, 0.5) is 0 Å². The fourth-order valence-electron chi connectivity index (χ4n) is 3.44. The van der Waals surface area contributed by atoms with Gasteiger partial charge < -0.3 is 16.0 Å². The molecule has 3 N–H and O–H groups in total. The maximum Gasteiger partial charge on any atom is 0.0474 e. The highest BCUT2D eigenvalue weighted by Gasteiger charge is 2.46. The molecule has 4 nitrogen and oxygen atoms in total. The zero-order valence-corrected chi connectivity index (χ0v) is 11.4. The molecule has 4 heteroatoms. The summed E-state index contributed by atoms with van der Waals surface area (Å²) < 4.78 is 0. The third-order valence-corrected chi connectivity index (χ3v) is 4.50. The van der Waals surface area contributed by atoms with Crippen LogP contribution in [-0.2, 0) is 0 Å². The molecule has 2 rings (SSSR count). The molecule has 0 aliphatic carbocycles. The zero-order chi connectivity index (χ0) is 12.3. The molecular weight excluding hydrogens is 212 g/mol. The average Bonchev–Trinajstić information content (AvgIpc) is 2.69. The smallest absolute Gasteiger partial charge is 0.0474 e. The van der Waals surface area contributed by atoms with E-state index in [-0.39, 0.29) is 5.54 Å². The van der Waals surface area contributed by atoms with Gasteiger partial charge in [-0.3, -0.25) is 4.90 Å². The van der Waals surface area contributed by atoms with Crippen LogP contribution in [-0.4, -0.2) is 68.2 Å². The molecule has 0 radical (unpaired) electrons. The van der Waals surface area contributed by atoms with Crippen molar-refractivity contribution in [2.75, 3.05) is 46.8 Å². The summed E-state index contributed by atoms with van der Waals surface area (Å²) in [4.78, 5) is 4.88. The second kappa shape index (κ2) is 5.65. The predicted octanol–water partition coefficient (Wildman–Crippen LogP) is 0.0933. The third kappa shape index (κ3) is 2.81. The van der Waals surface area contributed by atoms with Crippen molar-refractivity contribution in [3.8, 4) is 0 Å². The van der Waals surface area contributed by atoms with E-state index >= 15 is 0 Å². The summed E-state index contributed by atoms with van der Waals surface area (Å²) in [6.45, 7) is 5.43. The number of rotatable bonds is 5. The topological polar surface area (TPSA) is 44.5 Å². The maximum atomic E-state index is 6.09. The van der Waals surface area contributed by atoms with Gasteiger partial charge in [-0.15, -0.1) is 0 Å². The van der Waals surface area contributed by atoms with E-state index in [0.717, 1.165) is 19.6 Å². The Bertz CT molecular complexity index is 244. The fourth-order valence-corrected chi connectivity index (χ4v) is 3.44. The van der Waals surface area contributed by atoms with Crippen molar-refractivity contribution in [3.63, 3.8) is 0 Å². The van der Waals surface area contributed by atoms with Crippen LogP contribution in [0.5, 0.6) is 0 Å². The Labute approximate surface area is 106 Å². The van der Waals surface area contributed by atoms with E-state index in [1.54, 1.807) is 0 Å². The lowest BCUT2D eigenvalue weighted by molar-refractivity contribution is 0.139. The second-order valence-electron chi connectivity index (χ2n) is 5.89. The van der Waals surface area contributed by atoms with E-state index in [1.165, 1.54) is 38.8 Å². The minimum Gasteiger partial charge on any atom is -0.329 e. The summed E-state index contributed by atoms with van der Waals surface area (Å²) in [7, 11) is 4.25. The van der Waals surface area contributed by atoms with Crippen LogP contribution < -0.4 is 11.1 Å². The van der Waals surface area contributed by atoms with Crippen molar-refractivity contribution < 1.29 is 0 Å². The first-order valence-electron chi connectivity index (χ1n) is 7.02. The molecule has 2 atom stereocenters. The average molecular weight is 240 g/mol. The highest BCUT2D eigenvalue weighted by molar-refractivity contribution is 5.07. The molecule has 0 saturated carbocycles. The lowest BCUT2D eigenvalue weighted by Gasteiger charge is -2.41. The summed E-state index contributed by atoms with van der Waals surface area (Å²) in [5, 5.41) is 3.77. The number of piperidine rings is 1. The van der Waals surface area contributed by atoms with E-state index in [0.29, 0.717) is 6.04 Å². The van der Waals surface area contributed by atoms with Crippen molar-refractivity contribution >= 4 is 0 Å². The van der Waals surface area contributed by atoms with Gasteiger partial charge in [-0.2, -0.15) is 0 Å². The Morgan fingerprint density at radius 1 is 1.35 bits per heavy atom. The van der Waals surface area contributed by atoms with Crippen LogP contribution in [0.3, 0.4) is 0 Å². The van der Waals surface area contributed by atoms with Crippen LogP contribution >= 0.6 is 0 Å². The molecule has 2 saturated heterocycles. The molecule has 0 aromatic carbocycles. The Hall–Kier alpha value is -0.160. The lowest BCUT2D eigenvalue weighted by atomic mass is 9.85. The maximum absolute atomic E-state index is 6.09. The first kappa shape index (κ1) is 13.3. The van der Waals surface area contributed by atoms with E-state index in [9.17, 15) is 0 Å². The Morgan fingerprint density at radius 3 is 2.88 bits per heavy atom. The van der Waals surface area contributed by atoms with Crippen molar-refractivity contribution in [1.29, 1.82) is 0 Å². The van der Waals surface area contributed by atoms with Gasteiger partial charge in [0.15, 0.2) is 0 Å². The molecule has 100 valence electrons. The van der Waals surface area contributed by atoms with Gasteiger partial charge in [0, 0.05) is 37.8 Å². The SMILES string of the molecule is CN(C)CCNC1(CN)CCN2CCCCC21. The van der Waals surface area contributed by atoms with E-state index < -0.39 is 0 Å². The number of nitrogens with two attached hydrogens (primary N) is 1. The molecule has 0 amide bonds. The van der Waals surface area contributed by atoms with Gasteiger partial charge in [0.2, 0.25) is 0 Å². The van der Waals surface area contributed by atoms with Gasteiger partial charge in [0.1, 0.15) is 0 Å². The van der Waals surface area contributed by atoms with E-state index in [2.05, 4.69) is 29.2 Å². The Morgan fingerprint density at radius 2 is 2.18 bits per heavy atom. The zero-order valence-electron chi connectivity index (χ0n) is 11.4. The molecule has 0 bridgehead atoms. The van der Waals surface area contributed by atoms with Crippen LogP contribution in [0, 0.1) is 0 Å². The minimum absolute atomic E-state index is 0.191. The summed E-state index contributed by atoms with van der Waals surface area (Å²) in [5.74, 6) is 0. The number of nitrogens with zero attached hydrogens (tertiary/aromatic N) is 2. The molecule has 2 heterocycles. The van der Waals surface area contributed by atoms with Crippen LogP contribution in [0.25, 0.3) is 0 Å². The highest BCUT2D eigenvalue weighted by Crippen LogP contribution is 2.34. The molecule has 17 heavy (non-hydrogen) atoms. The standard InChI is InChI=1S/C13H28N4/c1-16(2)10-7-15-13(11-14)6-9-17-8-4-3-5-12(13)17/h12,15H,3-11,14H2,1-2H3. The predicted molar refractivity (Wildman–Crippen MR) is 72.2 cm³/mol. The van der Waals surface area contributed by atoms with Gasteiger partial charge in [-0.25, -0.2) is 0 Å². The summed E-state index contributed by atoms with van der Waals surface area (Å²) >= 11 is 0. The molecule has 2 aliphatic heterocycles. The van der Waals surface area contributed by atoms with E-state index in [4.69, 9.17) is 5.73 Å². The molecule has 2 aliphatic rings. The van der Waals surface area contributed by atoms with Crippen molar-refractivity contribution in [2.24, 2.45) is 5.73 Å². The summed E-state index contributed by atoms with van der Waals surface area (Å²) in [6, 6.07) is 0.684. The molecule has 0 aromatic rings. The molecular formula is C13H28N4. The first-order chi connectivity index (χ1) is 8.18. The Balaban J connectivity index is 1.94. The van der Waals surface area contributed by atoms with Crippen LogP contribution in [0.2, 0.25) is 0 Å². The largest absolute Gasteiger partial charge is 0.329 e. The van der Waals surface area contributed by atoms with Crippen molar-refractivity contribution in [1.82, 2.24) is 15.1 Å². The monoisotopic (exact) mass is 240 g/mol. The first-order valence-corrected chi connectivity index (χ1v) is 7.02. The molecule has 2 fully saturated rings. The quantitative estimate of drug-likeness (QED) is 0.715. The van der Waals surface area contributed by atoms with Gasteiger partial charge in [0.05, 0.1) is 0 Å². The number of hydrogen-bond acceptors (Lipinski definition) is 4. The van der Waals surface area contributed by atoms with Crippen LogP contribution in [0.1, 0.15) is 25.7 Å². The molecule has 0 aromatic heterocycles. The number of fused-ring (bicyclic) bond motifs is 1. The van der Waals surface area contributed by atoms with Crippen molar-refractivity contribution in [2.45, 2.75) is 37.3 Å². The van der Waals surface area contributed by atoms with E-state index in [1.807, 2.05) is 0 Å². The Kier molecular flexibility index (Phi) is 4.42. The van der Waals surface area contributed by atoms with Crippen molar-refractivity contribution in [3.05, 3.63) is 0 Å². The number of likely N-dealkylation sites (N-methyl/N-ethyl adjacent to an activating group) is 1. The summed E-state index contributed by atoms with van der Waals surface area (Å²) in [5.41, 5.74) is 6.28. The number of hydrogen-bond donors (Lipinski definition) is 2. The fraction of sp³-hybridized carbons (Fsp3) is 1.00. The number of nitrogens with one attached hydrogen (secondary N) is 1.